The van der Waals surface area contributed by atoms with Crippen LogP contribution in [0.15, 0.2) is 82.8 Å². The lowest BCUT2D eigenvalue weighted by atomic mass is 10.2. The van der Waals surface area contributed by atoms with Crippen molar-refractivity contribution in [3.8, 4) is 0 Å². The fourth-order valence-corrected chi connectivity index (χ4v) is 4.27. The van der Waals surface area contributed by atoms with E-state index in [-0.39, 0.29) is 10.5 Å². The molecule has 0 radical (unpaired) electrons. The molecule has 0 heterocycles. The van der Waals surface area contributed by atoms with Gasteiger partial charge in [-0.15, -0.1) is 0 Å². The molecule has 0 atom stereocenters. The van der Waals surface area contributed by atoms with Crippen molar-refractivity contribution in [2.75, 3.05) is 10.8 Å². The van der Waals surface area contributed by atoms with Crippen LogP contribution in [-0.4, -0.2) is 27.1 Å². The smallest absolute Gasteiger partial charge is 0.264 e. The molecular formula is C23H22FN3O3S. The molecule has 1 N–H and O–H groups in total. The summed E-state index contributed by atoms with van der Waals surface area (Å²) in [5.41, 5.74) is 4.58. The zero-order valence-electron chi connectivity index (χ0n) is 17.1. The van der Waals surface area contributed by atoms with E-state index in [1.54, 1.807) is 42.5 Å². The fraction of sp³-hybridized carbons (Fsp3) is 0.130. The van der Waals surface area contributed by atoms with E-state index in [1.165, 1.54) is 30.5 Å². The predicted molar refractivity (Wildman–Crippen MR) is 119 cm³/mol. The molecular weight excluding hydrogens is 417 g/mol. The molecule has 8 heteroatoms. The van der Waals surface area contributed by atoms with E-state index >= 15 is 0 Å². The number of hydrazone groups is 1. The van der Waals surface area contributed by atoms with Gasteiger partial charge in [-0.25, -0.2) is 18.2 Å². The quantitative estimate of drug-likeness (QED) is 0.449. The van der Waals surface area contributed by atoms with Crippen molar-refractivity contribution in [2.45, 2.75) is 18.7 Å². The number of nitrogens with one attached hydrogen (secondary N) is 1. The van der Waals surface area contributed by atoms with Gasteiger partial charge < -0.3 is 0 Å². The number of hydrogen-bond acceptors (Lipinski definition) is 4. The minimum absolute atomic E-state index is 0.0715. The lowest BCUT2D eigenvalue weighted by Gasteiger charge is -2.24. The third-order valence-corrected chi connectivity index (χ3v) is 6.27. The summed E-state index contributed by atoms with van der Waals surface area (Å²) in [7, 11) is -4.01. The topological polar surface area (TPSA) is 78.8 Å². The van der Waals surface area contributed by atoms with Gasteiger partial charge in [-0.1, -0.05) is 48.0 Å². The fourth-order valence-electron chi connectivity index (χ4n) is 2.86. The number of rotatable bonds is 7. The van der Waals surface area contributed by atoms with E-state index in [4.69, 9.17) is 0 Å². The number of sulfonamides is 1. The van der Waals surface area contributed by atoms with Gasteiger partial charge in [-0.3, -0.25) is 9.10 Å². The van der Waals surface area contributed by atoms with Gasteiger partial charge in [0, 0.05) is 5.56 Å². The van der Waals surface area contributed by atoms with Crippen LogP contribution in [0, 0.1) is 19.7 Å². The van der Waals surface area contributed by atoms with Crippen molar-refractivity contribution in [1.29, 1.82) is 0 Å². The third-order valence-electron chi connectivity index (χ3n) is 4.48. The van der Waals surface area contributed by atoms with Crippen molar-refractivity contribution in [1.82, 2.24) is 5.43 Å². The number of carbonyl (C=O) groups excluding carboxylic acids is 1. The van der Waals surface area contributed by atoms with Crippen LogP contribution >= 0.6 is 0 Å². The van der Waals surface area contributed by atoms with Crippen molar-refractivity contribution in [3.63, 3.8) is 0 Å². The van der Waals surface area contributed by atoms with Gasteiger partial charge in [0.05, 0.1) is 16.8 Å². The first-order valence-corrected chi connectivity index (χ1v) is 10.9. The number of carbonyl (C=O) groups is 1. The molecule has 0 aromatic heterocycles. The Balaban J connectivity index is 1.86. The lowest BCUT2D eigenvalue weighted by Crippen LogP contribution is -2.39. The van der Waals surface area contributed by atoms with Crippen LogP contribution in [0.3, 0.4) is 0 Å². The summed E-state index contributed by atoms with van der Waals surface area (Å²) in [4.78, 5) is 12.6. The minimum Gasteiger partial charge on any atom is -0.271 e. The van der Waals surface area contributed by atoms with E-state index in [0.717, 1.165) is 15.4 Å². The Morgan fingerprint density at radius 3 is 2.39 bits per heavy atom. The number of hydrogen-bond donors (Lipinski definition) is 1. The molecule has 0 unspecified atom stereocenters. The largest absolute Gasteiger partial charge is 0.271 e. The maximum atomic E-state index is 13.7. The Morgan fingerprint density at radius 2 is 1.71 bits per heavy atom. The van der Waals surface area contributed by atoms with E-state index in [2.05, 4.69) is 10.5 Å². The summed E-state index contributed by atoms with van der Waals surface area (Å²) in [6, 6.07) is 19.2. The molecule has 0 bridgehead atoms. The first kappa shape index (κ1) is 22.2. The Morgan fingerprint density at radius 1 is 1.00 bits per heavy atom. The van der Waals surface area contributed by atoms with Gasteiger partial charge in [-0.05, 0) is 49.7 Å². The average molecular weight is 440 g/mol. The van der Waals surface area contributed by atoms with Crippen molar-refractivity contribution >= 4 is 27.8 Å². The second-order valence-corrected chi connectivity index (χ2v) is 8.84. The van der Waals surface area contributed by atoms with Gasteiger partial charge in [0.1, 0.15) is 12.4 Å². The second kappa shape index (κ2) is 9.53. The van der Waals surface area contributed by atoms with Crippen molar-refractivity contribution in [3.05, 3.63) is 95.3 Å². The molecule has 1 amide bonds. The van der Waals surface area contributed by atoms with E-state index in [1.807, 2.05) is 19.9 Å². The molecule has 6 nitrogen and oxygen atoms in total. The Bertz CT molecular complexity index is 1210. The maximum Gasteiger partial charge on any atom is 0.264 e. The average Bonchev–Trinajstić information content (AvgIpc) is 2.73. The Kier molecular flexibility index (Phi) is 6.81. The van der Waals surface area contributed by atoms with Crippen molar-refractivity contribution in [2.24, 2.45) is 5.10 Å². The maximum absolute atomic E-state index is 13.7. The summed E-state index contributed by atoms with van der Waals surface area (Å²) in [6.07, 6.45) is 1.17. The van der Waals surface area contributed by atoms with Crippen molar-refractivity contribution < 1.29 is 17.6 Å². The highest BCUT2D eigenvalue weighted by molar-refractivity contribution is 7.92. The highest BCUT2D eigenvalue weighted by Gasteiger charge is 2.27. The van der Waals surface area contributed by atoms with Crippen LogP contribution in [-0.2, 0) is 14.8 Å². The molecule has 0 aliphatic rings. The standard InChI is InChI=1S/C23H22FN3O3S/c1-17-10-12-21(13-11-17)31(29,30)27(20-8-5-6-18(2)14-20)16-23(28)26-25-15-19-7-3-4-9-22(19)24/h3-15H,16H2,1-2H3,(H,26,28)/b25-15-. The number of benzene rings is 3. The number of aryl methyl sites for hydroxylation is 2. The molecule has 0 saturated carbocycles. The molecule has 3 rings (SSSR count). The molecule has 0 aliphatic heterocycles. The highest BCUT2D eigenvalue weighted by Crippen LogP contribution is 2.24. The van der Waals surface area contributed by atoms with Crippen LogP contribution in [0.4, 0.5) is 10.1 Å². The normalized spacial score (nSPS) is 11.5. The lowest BCUT2D eigenvalue weighted by molar-refractivity contribution is -0.119. The predicted octanol–water partition coefficient (Wildman–Crippen LogP) is 3.79. The van der Waals surface area contributed by atoms with E-state index in [0.29, 0.717) is 5.69 Å². The Hall–Kier alpha value is -3.52. The van der Waals surface area contributed by atoms with E-state index < -0.39 is 28.3 Å². The molecule has 0 fully saturated rings. The molecule has 0 saturated heterocycles. The van der Waals surface area contributed by atoms with Gasteiger partial charge in [0.25, 0.3) is 15.9 Å². The van der Waals surface area contributed by atoms with Gasteiger partial charge >= 0.3 is 0 Å². The molecule has 0 aliphatic carbocycles. The SMILES string of the molecule is Cc1ccc(S(=O)(=O)N(CC(=O)N/N=C\c2ccccc2F)c2cccc(C)c2)cc1. The molecule has 3 aromatic rings. The summed E-state index contributed by atoms with van der Waals surface area (Å²) < 4.78 is 41.3. The first-order valence-electron chi connectivity index (χ1n) is 9.50. The summed E-state index contributed by atoms with van der Waals surface area (Å²) in [5.74, 6) is -1.14. The minimum atomic E-state index is -4.01. The highest BCUT2D eigenvalue weighted by atomic mass is 32.2. The van der Waals surface area contributed by atoms with Crippen LogP contribution in [0.5, 0.6) is 0 Å². The molecule has 31 heavy (non-hydrogen) atoms. The molecule has 0 spiro atoms. The monoisotopic (exact) mass is 439 g/mol. The van der Waals surface area contributed by atoms with Gasteiger partial charge in [-0.2, -0.15) is 5.10 Å². The first-order chi connectivity index (χ1) is 14.8. The zero-order valence-corrected chi connectivity index (χ0v) is 17.9. The number of halogens is 1. The van der Waals surface area contributed by atoms with Gasteiger partial charge in [0.2, 0.25) is 0 Å². The summed E-state index contributed by atoms with van der Waals surface area (Å²) in [5, 5.41) is 3.75. The number of nitrogens with zero attached hydrogens (tertiary/aromatic N) is 2. The number of anilines is 1. The van der Waals surface area contributed by atoms with Crippen LogP contribution < -0.4 is 9.73 Å². The van der Waals surface area contributed by atoms with E-state index in [9.17, 15) is 17.6 Å². The van der Waals surface area contributed by atoms with Crippen LogP contribution in [0.2, 0.25) is 0 Å². The summed E-state index contributed by atoms with van der Waals surface area (Å²) in [6.45, 7) is 3.20. The van der Waals surface area contributed by atoms with Crippen LogP contribution in [0.1, 0.15) is 16.7 Å². The van der Waals surface area contributed by atoms with Crippen LogP contribution in [0.25, 0.3) is 0 Å². The van der Waals surface area contributed by atoms with Gasteiger partial charge in [0.15, 0.2) is 0 Å². The Labute approximate surface area is 181 Å². The second-order valence-electron chi connectivity index (χ2n) is 6.98. The third kappa shape index (κ3) is 5.55. The number of amides is 1. The zero-order chi connectivity index (χ0) is 22.4. The summed E-state index contributed by atoms with van der Waals surface area (Å²) >= 11 is 0. The molecule has 3 aromatic carbocycles. The molecule has 160 valence electrons.